The van der Waals surface area contributed by atoms with Gasteiger partial charge in [-0.2, -0.15) is 0 Å². The summed E-state index contributed by atoms with van der Waals surface area (Å²) in [5.74, 6) is -2.14. The second kappa shape index (κ2) is 9.29. The second-order valence-corrected chi connectivity index (χ2v) is 8.61. The molecule has 3 atom stereocenters. The lowest BCUT2D eigenvalue weighted by Gasteiger charge is -2.39. The Kier molecular flexibility index (Phi) is 6.76. The zero-order valence-electron chi connectivity index (χ0n) is 16.9. The quantitative estimate of drug-likeness (QED) is 0.606. The van der Waals surface area contributed by atoms with Gasteiger partial charge in [-0.05, 0) is 31.2 Å². The number of hydrogen-bond acceptors (Lipinski definition) is 6. The predicted molar refractivity (Wildman–Crippen MR) is 113 cm³/mol. The molecule has 1 aromatic heterocycles. The highest BCUT2D eigenvalue weighted by atomic mass is 32.2. The number of aromatic nitrogens is 1. The first-order chi connectivity index (χ1) is 14.3. The third-order valence-corrected chi connectivity index (χ3v) is 6.90. The van der Waals surface area contributed by atoms with Crippen LogP contribution in [0.5, 0.6) is 0 Å². The number of primary amides is 1. The van der Waals surface area contributed by atoms with E-state index in [0.29, 0.717) is 11.4 Å². The van der Waals surface area contributed by atoms with Crippen LogP contribution in [0.1, 0.15) is 36.5 Å². The molecule has 2 aliphatic rings. The number of hydrogen-bond donors (Lipinski definition) is 3. The highest BCUT2D eigenvalue weighted by Gasteiger charge is 2.41. The zero-order valence-corrected chi connectivity index (χ0v) is 17.7. The molecule has 9 nitrogen and oxygen atoms in total. The Labute approximate surface area is 178 Å². The number of pyridine rings is 1. The Balaban J connectivity index is 1.72. The summed E-state index contributed by atoms with van der Waals surface area (Å²) in [6.07, 6.45) is 7.10. The van der Waals surface area contributed by atoms with Gasteiger partial charge in [0.05, 0.1) is 22.4 Å². The van der Waals surface area contributed by atoms with Crippen LogP contribution in [0.15, 0.2) is 29.4 Å². The SMILES string of the molecule is CNC(=O)C1=CC(C)C([C@@H]2CCCCN2C(=O)C(=O)Nc2cncc(C(N)=O)c2)S1. The van der Waals surface area contributed by atoms with Crippen LogP contribution in [0.2, 0.25) is 0 Å². The van der Waals surface area contributed by atoms with E-state index in [4.69, 9.17) is 5.73 Å². The van der Waals surface area contributed by atoms with Crippen molar-refractivity contribution in [3.8, 4) is 0 Å². The number of nitrogens with zero attached hydrogens (tertiary/aromatic N) is 2. The van der Waals surface area contributed by atoms with Crippen molar-refractivity contribution in [3.05, 3.63) is 35.0 Å². The van der Waals surface area contributed by atoms with E-state index in [2.05, 4.69) is 15.6 Å². The summed E-state index contributed by atoms with van der Waals surface area (Å²) in [6, 6.07) is 1.23. The average molecular weight is 432 g/mol. The summed E-state index contributed by atoms with van der Waals surface area (Å²) in [6.45, 7) is 2.50. The highest BCUT2D eigenvalue weighted by Crippen LogP contribution is 2.42. The smallest absolute Gasteiger partial charge is 0.313 e. The van der Waals surface area contributed by atoms with Crippen LogP contribution < -0.4 is 16.4 Å². The first-order valence-electron chi connectivity index (χ1n) is 9.79. The maximum Gasteiger partial charge on any atom is 0.313 e. The number of amides is 4. The standard InChI is InChI=1S/C20H25N5O4S/c1-11-7-15(18(27)22-2)30-16(11)14-5-3-4-6-25(14)20(29)19(28)24-13-8-12(17(21)26)9-23-10-13/h7-11,14,16H,3-6H2,1-2H3,(H2,21,26)(H,22,27)(H,24,28)/t11?,14-,16?/m0/s1. The third-order valence-electron chi connectivity index (χ3n) is 5.31. The van der Waals surface area contributed by atoms with Crippen molar-refractivity contribution >= 4 is 41.1 Å². The van der Waals surface area contributed by atoms with Crippen LogP contribution in [-0.4, -0.2) is 58.4 Å². The summed E-state index contributed by atoms with van der Waals surface area (Å²) < 4.78 is 0. The molecule has 0 spiro atoms. The van der Waals surface area contributed by atoms with Gasteiger partial charge < -0.3 is 21.3 Å². The lowest BCUT2D eigenvalue weighted by atomic mass is 9.92. The molecule has 4 N–H and O–H groups in total. The number of carbonyl (C=O) groups is 4. The number of carbonyl (C=O) groups excluding carboxylic acids is 4. The fourth-order valence-electron chi connectivity index (χ4n) is 3.82. The molecule has 0 saturated carbocycles. The number of nitrogens with one attached hydrogen (secondary N) is 2. The van der Waals surface area contributed by atoms with E-state index in [9.17, 15) is 19.2 Å². The summed E-state index contributed by atoms with van der Waals surface area (Å²) in [4.78, 5) is 55.0. The predicted octanol–water partition coefficient (Wildman–Crippen LogP) is 0.882. The molecule has 0 radical (unpaired) electrons. The first-order valence-corrected chi connectivity index (χ1v) is 10.7. The number of anilines is 1. The van der Waals surface area contributed by atoms with E-state index in [0.717, 1.165) is 19.3 Å². The summed E-state index contributed by atoms with van der Waals surface area (Å²) in [5, 5.41) is 5.15. The van der Waals surface area contributed by atoms with Crippen molar-refractivity contribution in [2.75, 3.05) is 18.9 Å². The lowest BCUT2D eigenvalue weighted by molar-refractivity contribution is -0.145. The average Bonchev–Trinajstić information content (AvgIpc) is 3.14. The molecule has 2 aliphatic heterocycles. The molecule has 0 aromatic carbocycles. The van der Waals surface area contributed by atoms with E-state index < -0.39 is 17.7 Å². The Bertz CT molecular complexity index is 903. The van der Waals surface area contributed by atoms with Crippen LogP contribution in [0.25, 0.3) is 0 Å². The molecule has 1 aromatic rings. The van der Waals surface area contributed by atoms with Gasteiger partial charge in [-0.1, -0.05) is 13.0 Å². The van der Waals surface area contributed by atoms with Crippen molar-refractivity contribution in [1.29, 1.82) is 0 Å². The fourth-order valence-corrected chi connectivity index (χ4v) is 5.35. The topological polar surface area (TPSA) is 134 Å². The molecular formula is C20H25N5O4S. The van der Waals surface area contributed by atoms with E-state index in [1.54, 1.807) is 11.9 Å². The van der Waals surface area contributed by atoms with E-state index in [1.807, 2.05) is 13.0 Å². The minimum Gasteiger partial charge on any atom is -0.366 e. The first kappa shape index (κ1) is 21.8. The number of thioether (sulfide) groups is 1. The molecule has 3 heterocycles. The summed E-state index contributed by atoms with van der Waals surface area (Å²) in [7, 11) is 1.59. The maximum atomic E-state index is 13.0. The monoisotopic (exact) mass is 431 g/mol. The van der Waals surface area contributed by atoms with E-state index in [-0.39, 0.29) is 34.4 Å². The highest BCUT2D eigenvalue weighted by molar-refractivity contribution is 8.04. The molecule has 0 bridgehead atoms. The van der Waals surface area contributed by atoms with Crippen LogP contribution in [0.3, 0.4) is 0 Å². The molecule has 1 fully saturated rings. The number of piperidine rings is 1. The zero-order chi connectivity index (χ0) is 21.8. The molecule has 0 aliphatic carbocycles. The van der Waals surface area contributed by atoms with Gasteiger partial charge in [-0.25, -0.2) is 0 Å². The van der Waals surface area contributed by atoms with Crippen molar-refractivity contribution in [2.45, 2.75) is 37.5 Å². The van der Waals surface area contributed by atoms with Gasteiger partial charge in [-0.15, -0.1) is 11.8 Å². The van der Waals surface area contributed by atoms with Crippen molar-refractivity contribution < 1.29 is 19.2 Å². The molecule has 10 heteroatoms. The van der Waals surface area contributed by atoms with Crippen molar-refractivity contribution in [3.63, 3.8) is 0 Å². The number of rotatable bonds is 4. The Morgan fingerprint density at radius 3 is 2.70 bits per heavy atom. The van der Waals surface area contributed by atoms with Gasteiger partial charge in [0.1, 0.15) is 0 Å². The molecule has 2 unspecified atom stereocenters. The minimum atomic E-state index is -0.791. The third kappa shape index (κ3) is 4.64. The van der Waals surface area contributed by atoms with Crippen molar-refractivity contribution in [1.82, 2.24) is 15.2 Å². The summed E-state index contributed by atoms with van der Waals surface area (Å²) >= 11 is 1.46. The fraction of sp³-hybridized carbons (Fsp3) is 0.450. The van der Waals surface area contributed by atoms with Gasteiger partial charge in [0, 0.05) is 31.1 Å². The number of nitrogens with two attached hydrogens (primary N) is 1. The largest absolute Gasteiger partial charge is 0.366 e. The van der Waals surface area contributed by atoms with Crippen molar-refractivity contribution in [2.24, 2.45) is 11.7 Å². The van der Waals surface area contributed by atoms with E-state index in [1.165, 1.54) is 30.2 Å². The van der Waals surface area contributed by atoms with Gasteiger partial charge >= 0.3 is 11.8 Å². The number of allylic oxidation sites excluding steroid dienone is 1. The second-order valence-electron chi connectivity index (χ2n) is 7.39. The summed E-state index contributed by atoms with van der Waals surface area (Å²) in [5.41, 5.74) is 5.60. The van der Waals surface area contributed by atoms with Crippen LogP contribution in [0.4, 0.5) is 5.69 Å². The van der Waals surface area contributed by atoms with Gasteiger partial charge in [-0.3, -0.25) is 24.2 Å². The molecule has 160 valence electrons. The molecule has 3 rings (SSSR count). The Hall–Kier alpha value is -2.88. The van der Waals surface area contributed by atoms with Crippen LogP contribution in [-0.2, 0) is 14.4 Å². The van der Waals surface area contributed by atoms with Gasteiger partial charge in [0.2, 0.25) is 5.91 Å². The number of likely N-dealkylation sites (N-methyl/N-ethyl adjacent to an activating group) is 1. The molecule has 4 amide bonds. The normalized spacial score (nSPS) is 23.5. The maximum absolute atomic E-state index is 13.0. The van der Waals surface area contributed by atoms with E-state index >= 15 is 0 Å². The van der Waals surface area contributed by atoms with Crippen LogP contribution >= 0.6 is 11.8 Å². The van der Waals surface area contributed by atoms with Gasteiger partial charge in [0.25, 0.3) is 5.91 Å². The van der Waals surface area contributed by atoms with Crippen LogP contribution in [0, 0.1) is 5.92 Å². The molecule has 1 saturated heterocycles. The molecular weight excluding hydrogens is 406 g/mol. The Morgan fingerprint density at radius 1 is 1.23 bits per heavy atom. The Morgan fingerprint density at radius 2 is 2.00 bits per heavy atom. The molecule has 30 heavy (non-hydrogen) atoms. The minimum absolute atomic E-state index is 0.00852. The number of likely N-dealkylation sites (tertiary alicyclic amines) is 1. The van der Waals surface area contributed by atoms with Gasteiger partial charge in [0.15, 0.2) is 0 Å². The lowest BCUT2D eigenvalue weighted by Crippen LogP contribution is -2.53.